The fourth-order valence-corrected chi connectivity index (χ4v) is 2.79. The number of aliphatic carboxylic acids is 1. The molecule has 0 radical (unpaired) electrons. The number of hydrogen-bond acceptors (Lipinski definition) is 3. The first-order valence-electron chi connectivity index (χ1n) is 11.8. The zero-order valence-corrected chi connectivity index (χ0v) is 19.5. The summed E-state index contributed by atoms with van der Waals surface area (Å²) in [6.45, 7) is 3.97. The Morgan fingerprint density at radius 3 is 1.74 bits per heavy atom. The van der Waals surface area contributed by atoms with Gasteiger partial charge in [-0.1, -0.05) is 81.0 Å². The van der Waals surface area contributed by atoms with Gasteiger partial charge in [-0.25, -0.2) is 0 Å². The third kappa shape index (κ3) is 22.2. The van der Waals surface area contributed by atoms with E-state index in [1.807, 2.05) is 6.92 Å². The summed E-state index contributed by atoms with van der Waals surface area (Å²) in [5.74, 6) is -1.22. The topological polar surface area (TPSA) is 63.6 Å². The van der Waals surface area contributed by atoms with Crippen molar-refractivity contribution < 1.29 is 19.4 Å². The average Bonchev–Trinajstić information content (AvgIpc) is 2.74. The minimum absolute atomic E-state index is 0.119. The SMILES string of the molecule is CC/C=C\C/C=C\C/C=C\C/C=C\C/C=C\CCCCCC(=O)OC(CC)CC(=O)O. The molecule has 0 fully saturated rings. The van der Waals surface area contributed by atoms with Gasteiger partial charge in [0.25, 0.3) is 0 Å². The summed E-state index contributed by atoms with van der Waals surface area (Å²) < 4.78 is 5.20. The van der Waals surface area contributed by atoms with Gasteiger partial charge in [0.1, 0.15) is 6.10 Å². The molecule has 174 valence electrons. The fourth-order valence-electron chi connectivity index (χ4n) is 2.79. The Balaban J connectivity index is 3.60. The standard InChI is InChI=1S/C27H42O4/c1-3-5-6-7-8-9-10-11-12-13-14-15-16-17-18-19-20-21-22-23-27(30)31-25(4-2)24-26(28)29/h5-6,8-9,11-12,14-15,17-18,25H,3-4,7,10,13,16,19-24H2,1-2H3,(H,28,29)/b6-5-,9-8-,12-11-,15-14-,18-17-. The summed E-state index contributed by atoms with van der Waals surface area (Å²) in [4.78, 5) is 22.4. The van der Waals surface area contributed by atoms with Crippen LogP contribution in [-0.4, -0.2) is 23.1 Å². The lowest BCUT2D eigenvalue weighted by Crippen LogP contribution is -2.20. The molecule has 0 amide bonds. The first kappa shape index (κ1) is 28.6. The number of allylic oxidation sites excluding steroid dienone is 10. The van der Waals surface area contributed by atoms with Crippen molar-refractivity contribution in [3.05, 3.63) is 60.8 Å². The van der Waals surface area contributed by atoms with E-state index in [1.165, 1.54) is 0 Å². The Labute approximate surface area is 189 Å². The molecule has 0 bridgehead atoms. The molecule has 4 heteroatoms. The Kier molecular flexibility index (Phi) is 20.6. The van der Waals surface area contributed by atoms with E-state index in [2.05, 4.69) is 67.7 Å². The number of carbonyl (C=O) groups is 2. The smallest absolute Gasteiger partial charge is 0.307 e. The van der Waals surface area contributed by atoms with E-state index in [0.717, 1.165) is 57.8 Å². The second-order valence-corrected chi connectivity index (χ2v) is 7.43. The van der Waals surface area contributed by atoms with Gasteiger partial charge in [0.2, 0.25) is 0 Å². The third-order valence-electron chi connectivity index (χ3n) is 4.57. The Morgan fingerprint density at radius 1 is 0.742 bits per heavy atom. The molecular formula is C27H42O4. The molecule has 0 spiro atoms. The molecule has 0 aromatic carbocycles. The minimum atomic E-state index is -0.934. The van der Waals surface area contributed by atoms with Crippen LogP contribution in [-0.2, 0) is 14.3 Å². The largest absolute Gasteiger partial charge is 0.481 e. The van der Waals surface area contributed by atoms with Gasteiger partial charge >= 0.3 is 11.9 Å². The normalized spacial score (nSPS) is 13.4. The summed E-state index contributed by atoms with van der Waals surface area (Å²) in [5.41, 5.74) is 0. The summed E-state index contributed by atoms with van der Waals surface area (Å²) in [6.07, 6.45) is 31.0. The summed E-state index contributed by atoms with van der Waals surface area (Å²) in [7, 11) is 0. The minimum Gasteiger partial charge on any atom is -0.481 e. The fraction of sp³-hybridized carbons (Fsp3) is 0.556. The van der Waals surface area contributed by atoms with Crippen LogP contribution in [0, 0.1) is 0 Å². The lowest BCUT2D eigenvalue weighted by Gasteiger charge is -2.13. The van der Waals surface area contributed by atoms with Crippen LogP contribution >= 0.6 is 0 Å². The number of carboxylic acid groups (broad SMARTS) is 1. The predicted octanol–water partition coefficient (Wildman–Crippen LogP) is 7.48. The molecular weight excluding hydrogens is 388 g/mol. The molecule has 0 aliphatic rings. The molecule has 1 atom stereocenters. The van der Waals surface area contributed by atoms with E-state index in [4.69, 9.17) is 9.84 Å². The molecule has 31 heavy (non-hydrogen) atoms. The molecule has 0 heterocycles. The van der Waals surface area contributed by atoms with E-state index >= 15 is 0 Å². The van der Waals surface area contributed by atoms with E-state index in [9.17, 15) is 9.59 Å². The maximum absolute atomic E-state index is 11.7. The number of carbonyl (C=O) groups excluding carboxylic acids is 1. The molecule has 1 N–H and O–H groups in total. The molecule has 1 unspecified atom stereocenters. The van der Waals surface area contributed by atoms with Gasteiger partial charge in [0, 0.05) is 6.42 Å². The van der Waals surface area contributed by atoms with E-state index < -0.39 is 12.1 Å². The van der Waals surface area contributed by atoms with Crippen molar-refractivity contribution in [3.63, 3.8) is 0 Å². The summed E-state index contributed by atoms with van der Waals surface area (Å²) in [6, 6.07) is 0. The highest BCUT2D eigenvalue weighted by molar-refractivity contribution is 5.71. The number of unbranched alkanes of at least 4 members (excludes halogenated alkanes) is 3. The number of esters is 1. The lowest BCUT2D eigenvalue weighted by atomic mass is 10.1. The first-order chi connectivity index (χ1) is 15.1. The van der Waals surface area contributed by atoms with Crippen molar-refractivity contribution >= 4 is 11.9 Å². The highest BCUT2D eigenvalue weighted by atomic mass is 16.5. The average molecular weight is 431 g/mol. The van der Waals surface area contributed by atoms with E-state index in [1.54, 1.807) is 0 Å². The molecule has 0 saturated carbocycles. The van der Waals surface area contributed by atoms with E-state index in [0.29, 0.717) is 12.8 Å². The number of ether oxygens (including phenoxy) is 1. The van der Waals surface area contributed by atoms with Gasteiger partial charge in [-0.15, -0.1) is 0 Å². The van der Waals surface area contributed by atoms with Gasteiger partial charge in [-0.2, -0.15) is 0 Å². The molecule has 0 saturated heterocycles. The van der Waals surface area contributed by atoms with Crippen LogP contribution in [0.1, 0.15) is 90.9 Å². The van der Waals surface area contributed by atoms with Gasteiger partial charge in [-0.05, 0) is 57.8 Å². The zero-order valence-electron chi connectivity index (χ0n) is 19.5. The third-order valence-corrected chi connectivity index (χ3v) is 4.57. The summed E-state index contributed by atoms with van der Waals surface area (Å²) in [5, 5.41) is 8.76. The lowest BCUT2D eigenvalue weighted by molar-refractivity contribution is -0.153. The Morgan fingerprint density at radius 2 is 1.26 bits per heavy atom. The quantitative estimate of drug-likeness (QED) is 0.131. The zero-order chi connectivity index (χ0) is 23.0. The van der Waals surface area contributed by atoms with Crippen molar-refractivity contribution in [2.75, 3.05) is 0 Å². The van der Waals surface area contributed by atoms with Crippen LogP contribution in [0.4, 0.5) is 0 Å². The van der Waals surface area contributed by atoms with Crippen molar-refractivity contribution in [1.82, 2.24) is 0 Å². The van der Waals surface area contributed by atoms with E-state index in [-0.39, 0.29) is 12.4 Å². The van der Waals surface area contributed by atoms with Gasteiger partial charge in [0.05, 0.1) is 6.42 Å². The monoisotopic (exact) mass is 430 g/mol. The Hall–Kier alpha value is -2.36. The van der Waals surface area contributed by atoms with Crippen LogP contribution in [0.25, 0.3) is 0 Å². The van der Waals surface area contributed by atoms with Crippen molar-refractivity contribution in [3.8, 4) is 0 Å². The molecule has 4 nitrogen and oxygen atoms in total. The highest BCUT2D eigenvalue weighted by Crippen LogP contribution is 2.09. The molecule has 0 aromatic rings. The second-order valence-electron chi connectivity index (χ2n) is 7.43. The number of rotatable bonds is 19. The highest BCUT2D eigenvalue weighted by Gasteiger charge is 2.15. The second kappa shape index (κ2) is 22.3. The van der Waals surface area contributed by atoms with Crippen molar-refractivity contribution in [1.29, 1.82) is 0 Å². The van der Waals surface area contributed by atoms with Crippen molar-refractivity contribution in [2.45, 2.75) is 97.0 Å². The van der Waals surface area contributed by atoms with Crippen molar-refractivity contribution in [2.24, 2.45) is 0 Å². The molecule has 0 aliphatic carbocycles. The van der Waals surface area contributed by atoms with Gasteiger partial charge in [-0.3, -0.25) is 9.59 Å². The van der Waals surface area contributed by atoms with Gasteiger partial charge < -0.3 is 9.84 Å². The molecule has 0 aromatic heterocycles. The van der Waals surface area contributed by atoms with Crippen LogP contribution in [0.2, 0.25) is 0 Å². The number of hydrogen-bond donors (Lipinski definition) is 1. The summed E-state index contributed by atoms with van der Waals surface area (Å²) >= 11 is 0. The number of carboxylic acids is 1. The molecule has 0 aliphatic heterocycles. The molecule has 0 rings (SSSR count). The maximum Gasteiger partial charge on any atom is 0.307 e. The van der Waals surface area contributed by atoms with Crippen LogP contribution in [0.5, 0.6) is 0 Å². The van der Waals surface area contributed by atoms with Gasteiger partial charge in [0.15, 0.2) is 0 Å². The van der Waals surface area contributed by atoms with Crippen LogP contribution in [0.15, 0.2) is 60.8 Å². The van der Waals surface area contributed by atoms with Crippen LogP contribution < -0.4 is 0 Å². The maximum atomic E-state index is 11.7. The first-order valence-corrected chi connectivity index (χ1v) is 11.8. The predicted molar refractivity (Wildman–Crippen MR) is 130 cm³/mol. The van der Waals surface area contributed by atoms with Crippen LogP contribution in [0.3, 0.4) is 0 Å². The Bertz CT molecular complexity index is 596.